The van der Waals surface area contributed by atoms with E-state index in [-0.39, 0.29) is 5.91 Å². The van der Waals surface area contributed by atoms with Crippen LogP contribution in [0.3, 0.4) is 0 Å². The van der Waals surface area contributed by atoms with Crippen LogP contribution in [0.4, 0.5) is 0 Å². The monoisotopic (exact) mass is 331 g/mol. The van der Waals surface area contributed by atoms with Crippen LogP contribution >= 0.6 is 11.6 Å². The van der Waals surface area contributed by atoms with Crippen molar-refractivity contribution in [1.29, 1.82) is 0 Å². The highest BCUT2D eigenvalue weighted by atomic mass is 35.5. The van der Waals surface area contributed by atoms with Gasteiger partial charge in [0, 0.05) is 5.02 Å². The maximum Gasteiger partial charge on any atom is 0.224 e. The number of halogens is 1. The van der Waals surface area contributed by atoms with Gasteiger partial charge in [-0.05, 0) is 35.2 Å². The summed E-state index contributed by atoms with van der Waals surface area (Å²) in [4.78, 5) is 11.9. The molecule has 0 bridgehead atoms. The summed E-state index contributed by atoms with van der Waals surface area (Å²) >= 11 is 5.83. The van der Waals surface area contributed by atoms with E-state index in [1.54, 1.807) is 12.1 Å². The zero-order valence-electron chi connectivity index (χ0n) is 13.5. The molecule has 0 aliphatic rings. The van der Waals surface area contributed by atoms with E-state index in [9.17, 15) is 4.79 Å². The summed E-state index contributed by atoms with van der Waals surface area (Å²) < 4.78 is 5.78. The van der Waals surface area contributed by atoms with Gasteiger partial charge in [-0.25, -0.2) is 0 Å². The first-order chi connectivity index (χ1) is 11.1. The number of amides is 1. The van der Waals surface area contributed by atoms with Crippen molar-refractivity contribution in [2.24, 2.45) is 0 Å². The maximum atomic E-state index is 11.9. The van der Waals surface area contributed by atoms with Gasteiger partial charge in [0.05, 0.1) is 13.0 Å². The van der Waals surface area contributed by atoms with Crippen LogP contribution in [0.25, 0.3) is 0 Å². The standard InChI is InChI=1S/C19H22ClNO2/c1-14(2)17-5-3-4-6-18(17)23-12-11-21-19(22)13-15-7-9-16(20)10-8-15/h3-10,14H,11-13H2,1-2H3,(H,21,22). The highest BCUT2D eigenvalue weighted by Gasteiger charge is 2.07. The molecule has 0 heterocycles. The van der Waals surface area contributed by atoms with Gasteiger partial charge in [0.25, 0.3) is 0 Å². The van der Waals surface area contributed by atoms with E-state index in [1.165, 1.54) is 5.56 Å². The summed E-state index contributed by atoms with van der Waals surface area (Å²) in [5.74, 6) is 1.27. The second kappa shape index (κ2) is 8.59. The van der Waals surface area contributed by atoms with E-state index in [0.29, 0.717) is 30.5 Å². The van der Waals surface area contributed by atoms with Gasteiger partial charge in [-0.2, -0.15) is 0 Å². The summed E-state index contributed by atoms with van der Waals surface area (Å²) in [6.45, 7) is 5.21. The predicted molar refractivity (Wildman–Crippen MR) is 94.2 cm³/mol. The Labute approximate surface area is 142 Å². The SMILES string of the molecule is CC(C)c1ccccc1OCCNC(=O)Cc1ccc(Cl)cc1. The van der Waals surface area contributed by atoms with Crippen LogP contribution in [0.5, 0.6) is 5.75 Å². The van der Waals surface area contributed by atoms with Crippen LogP contribution in [0.1, 0.15) is 30.9 Å². The Balaban J connectivity index is 1.75. The fourth-order valence-corrected chi connectivity index (χ4v) is 2.42. The summed E-state index contributed by atoms with van der Waals surface area (Å²) in [6.07, 6.45) is 0.347. The third kappa shape index (κ3) is 5.61. The molecule has 1 N–H and O–H groups in total. The van der Waals surface area contributed by atoms with Crippen LogP contribution < -0.4 is 10.1 Å². The normalized spacial score (nSPS) is 10.6. The molecule has 0 radical (unpaired) electrons. The fourth-order valence-electron chi connectivity index (χ4n) is 2.29. The number of hydrogen-bond acceptors (Lipinski definition) is 2. The highest BCUT2D eigenvalue weighted by Crippen LogP contribution is 2.25. The first-order valence-corrected chi connectivity index (χ1v) is 8.17. The van der Waals surface area contributed by atoms with Crippen molar-refractivity contribution in [1.82, 2.24) is 5.32 Å². The minimum Gasteiger partial charge on any atom is -0.491 e. The van der Waals surface area contributed by atoms with Crippen molar-refractivity contribution < 1.29 is 9.53 Å². The lowest BCUT2D eigenvalue weighted by atomic mass is 10.0. The number of carbonyl (C=O) groups is 1. The molecule has 3 nitrogen and oxygen atoms in total. The lowest BCUT2D eigenvalue weighted by Crippen LogP contribution is -2.29. The van der Waals surface area contributed by atoms with Crippen molar-refractivity contribution in [2.45, 2.75) is 26.2 Å². The molecule has 2 rings (SSSR count). The molecule has 2 aromatic rings. The molecule has 0 unspecified atom stereocenters. The Hall–Kier alpha value is -2.00. The molecule has 0 saturated carbocycles. The highest BCUT2D eigenvalue weighted by molar-refractivity contribution is 6.30. The van der Waals surface area contributed by atoms with E-state index in [2.05, 4.69) is 25.2 Å². The van der Waals surface area contributed by atoms with Gasteiger partial charge in [-0.15, -0.1) is 0 Å². The predicted octanol–water partition coefficient (Wildman–Crippen LogP) is 4.20. The average Bonchev–Trinajstić information content (AvgIpc) is 2.54. The van der Waals surface area contributed by atoms with E-state index >= 15 is 0 Å². The van der Waals surface area contributed by atoms with Crippen LogP contribution in [-0.2, 0) is 11.2 Å². The summed E-state index contributed by atoms with van der Waals surface area (Å²) in [5.41, 5.74) is 2.12. The molecule has 23 heavy (non-hydrogen) atoms. The molecule has 0 fully saturated rings. The molecule has 1 amide bonds. The first kappa shape index (κ1) is 17.4. The van der Waals surface area contributed by atoms with Crippen LogP contribution in [-0.4, -0.2) is 19.1 Å². The molecular formula is C19H22ClNO2. The zero-order valence-corrected chi connectivity index (χ0v) is 14.3. The molecule has 0 aliphatic heterocycles. The Bertz CT molecular complexity index is 638. The van der Waals surface area contributed by atoms with E-state index in [0.717, 1.165) is 11.3 Å². The van der Waals surface area contributed by atoms with Gasteiger partial charge in [0.15, 0.2) is 0 Å². The molecule has 0 saturated heterocycles. The van der Waals surface area contributed by atoms with Crippen LogP contribution in [0.15, 0.2) is 48.5 Å². The Morgan fingerprint density at radius 1 is 1.13 bits per heavy atom. The van der Waals surface area contributed by atoms with Gasteiger partial charge in [0.1, 0.15) is 12.4 Å². The van der Waals surface area contributed by atoms with Crippen molar-refractivity contribution in [2.75, 3.05) is 13.2 Å². The number of hydrogen-bond donors (Lipinski definition) is 1. The Morgan fingerprint density at radius 3 is 2.52 bits per heavy atom. The van der Waals surface area contributed by atoms with E-state index < -0.39 is 0 Å². The molecule has 122 valence electrons. The van der Waals surface area contributed by atoms with Gasteiger partial charge in [-0.3, -0.25) is 4.79 Å². The Kier molecular flexibility index (Phi) is 6.48. The van der Waals surface area contributed by atoms with Gasteiger partial charge >= 0.3 is 0 Å². The summed E-state index contributed by atoms with van der Waals surface area (Å²) in [7, 11) is 0. The Morgan fingerprint density at radius 2 is 1.83 bits per heavy atom. The first-order valence-electron chi connectivity index (χ1n) is 7.79. The topological polar surface area (TPSA) is 38.3 Å². The molecule has 2 aromatic carbocycles. The minimum atomic E-state index is -0.0203. The fraction of sp³-hybridized carbons (Fsp3) is 0.316. The summed E-state index contributed by atoms with van der Waals surface area (Å²) in [6, 6.07) is 15.3. The smallest absolute Gasteiger partial charge is 0.224 e. The number of rotatable bonds is 7. The number of carbonyl (C=O) groups excluding carboxylic acids is 1. The van der Waals surface area contributed by atoms with Crippen molar-refractivity contribution in [3.63, 3.8) is 0 Å². The zero-order chi connectivity index (χ0) is 16.7. The van der Waals surface area contributed by atoms with Crippen molar-refractivity contribution in [3.05, 3.63) is 64.7 Å². The number of para-hydroxylation sites is 1. The van der Waals surface area contributed by atoms with Crippen molar-refractivity contribution >= 4 is 17.5 Å². The van der Waals surface area contributed by atoms with Gasteiger partial charge in [-0.1, -0.05) is 55.8 Å². The molecule has 0 spiro atoms. The average molecular weight is 332 g/mol. The number of nitrogens with one attached hydrogen (secondary N) is 1. The lowest BCUT2D eigenvalue weighted by Gasteiger charge is -2.14. The van der Waals surface area contributed by atoms with Gasteiger partial charge in [0.2, 0.25) is 5.91 Å². The largest absolute Gasteiger partial charge is 0.491 e. The third-order valence-electron chi connectivity index (χ3n) is 3.50. The van der Waals surface area contributed by atoms with E-state index in [4.69, 9.17) is 16.3 Å². The number of benzene rings is 2. The molecule has 0 aliphatic carbocycles. The minimum absolute atomic E-state index is 0.0203. The van der Waals surface area contributed by atoms with Crippen LogP contribution in [0.2, 0.25) is 5.02 Å². The molecular weight excluding hydrogens is 310 g/mol. The molecule has 0 atom stereocenters. The lowest BCUT2D eigenvalue weighted by molar-refractivity contribution is -0.120. The van der Waals surface area contributed by atoms with Crippen LogP contribution in [0, 0.1) is 0 Å². The second-order valence-electron chi connectivity index (χ2n) is 5.69. The second-order valence-corrected chi connectivity index (χ2v) is 6.13. The van der Waals surface area contributed by atoms with Crippen molar-refractivity contribution in [3.8, 4) is 5.75 Å². The quantitative estimate of drug-likeness (QED) is 0.772. The molecule has 0 aromatic heterocycles. The van der Waals surface area contributed by atoms with E-state index in [1.807, 2.05) is 30.3 Å². The maximum absolute atomic E-state index is 11.9. The third-order valence-corrected chi connectivity index (χ3v) is 3.75. The summed E-state index contributed by atoms with van der Waals surface area (Å²) in [5, 5.41) is 3.54. The van der Waals surface area contributed by atoms with Gasteiger partial charge < -0.3 is 10.1 Å². The number of ether oxygens (including phenoxy) is 1. The molecule has 4 heteroatoms.